The first kappa shape index (κ1) is 20.4. The molecule has 0 radical (unpaired) electrons. The number of fused-ring (bicyclic) bond motifs is 1. The van der Waals surface area contributed by atoms with Crippen LogP contribution in [0.4, 0.5) is 10.7 Å². The summed E-state index contributed by atoms with van der Waals surface area (Å²) in [5, 5.41) is 5.62. The van der Waals surface area contributed by atoms with E-state index in [2.05, 4.69) is 10.6 Å². The van der Waals surface area contributed by atoms with Gasteiger partial charge in [-0.2, -0.15) is 0 Å². The smallest absolute Gasteiger partial charge is 0.341 e. The molecule has 0 fully saturated rings. The number of hydrogen-bond acceptors (Lipinski definition) is 6. The van der Waals surface area contributed by atoms with Crippen molar-refractivity contribution in [3.8, 4) is 0 Å². The van der Waals surface area contributed by atoms with Crippen molar-refractivity contribution in [2.45, 2.75) is 43.8 Å². The van der Waals surface area contributed by atoms with Crippen LogP contribution in [0.25, 0.3) is 0 Å². The molecule has 0 aliphatic carbocycles. The van der Waals surface area contributed by atoms with Crippen LogP contribution in [0.15, 0.2) is 29.2 Å². The Morgan fingerprint density at radius 2 is 2.00 bits per heavy atom. The molecule has 2 amide bonds. The summed E-state index contributed by atoms with van der Waals surface area (Å²) in [5.41, 5.74) is 2.07. The van der Waals surface area contributed by atoms with E-state index in [4.69, 9.17) is 4.74 Å². The first-order valence-electron chi connectivity index (χ1n) is 9.10. The molecule has 3 rings (SSSR count). The van der Waals surface area contributed by atoms with Crippen molar-refractivity contribution in [1.29, 1.82) is 0 Å². The molecule has 0 saturated carbocycles. The van der Waals surface area contributed by atoms with Gasteiger partial charge < -0.3 is 15.4 Å². The number of hydrogen-bond donors (Lipinski definition) is 2. The van der Waals surface area contributed by atoms with E-state index in [9.17, 15) is 14.4 Å². The van der Waals surface area contributed by atoms with Gasteiger partial charge in [0.15, 0.2) is 0 Å². The average Bonchev–Trinajstić information content (AvgIpc) is 2.97. The fourth-order valence-electron chi connectivity index (χ4n) is 3.08. The third kappa shape index (κ3) is 4.23. The number of para-hydroxylation sites is 1. The van der Waals surface area contributed by atoms with Crippen LogP contribution in [0.3, 0.4) is 0 Å². The number of thiophene rings is 1. The molecule has 0 bridgehead atoms. The zero-order valence-electron chi connectivity index (χ0n) is 16.0. The van der Waals surface area contributed by atoms with Gasteiger partial charge in [-0.1, -0.05) is 19.1 Å². The molecule has 2 heterocycles. The first-order chi connectivity index (χ1) is 13.4. The summed E-state index contributed by atoms with van der Waals surface area (Å²) in [6.07, 6.45) is 0.690. The van der Waals surface area contributed by atoms with Gasteiger partial charge in [-0.15, -0.1) is 23.1 Å². The summed E-state index contributed by atoms with van der Waals surface area (Å²) in [6, 6.07) is 7.50. The van der Waals surface area contributed by atoms with E-state index < -0.39 is 11.2 Å². The molecule has 2 aromatic rings. The number of carbonyl (C=O) groups excluding carboxylic acids is 3. The summed E-state index contributed by atoms with van der Waals surface area (Å²) < 4.78 is 5.16. The van der Waals surface area contributed by atoms with Crippen molar-refractivity contribution in [3.63, 3.8) is 0 Å². The second-order valence-electron chi connectivity index (χ2n) is 6.26. The minimum absolute atomic E-state index is 0.0194. The van der Waals surface area contributed by atoms with Gasteiger partial charge in [0.25, 0.3) is 0 Å². The number of anilines is 2. The zero-order chi connectivity index (χ0) is 20.3. The number of esters is 1. The highest BCUT2D eigenvalue weighted by atomic mass is 32.2. The Bertz CT molecular complexity index is 923. The highest BCUT2D eigenvalue weighted by molar-refractivity contribution is 8.01. The van der Waals surface area contributed by atoms with Crippen LogP contribution in [-0.4, -0.2) is 29.6 Å². The van der Waals surface area contributed by atoms with E-state index in [0.717, 1.165) is 21.0 Å². The van der Waals surface area contributed by atoms with Crippen molar-refractivity contribution in [2.24, 2.45) is 0 Å². The van der Waals surface area contributed by atoms with Crippen molar-refractivity contribution < 1.29 is 19.1 Å². The molecule has 1 aliphatic rings. The highest BCUT2D eigenvalue weighted by Crippen LogP contribution is 2.38. The van der Waals surface area contributed by atoms with E-state index in [1.54, 1.807) is 6.92 Å². The number of aryl methyl sites for hydroxylation is 1. The lowest BCUT2D eigenvalue weighted by atomic mass is 10.1. The molecule has 0 spiro atoms. The largest absolute Gasteiger partial charge is 0.462 e. The van der Waals surface area contributed by atoms with Crippen LogP contribution >= 0.6 is 23.1 Å². The second kappa shape index (κ2) is 8.79. The molecule has 1 aromatic heterocycles. The van der Waals surface area contributed by atoms with E-state index in [0.29, 0.717) is 17.0 Å². The van der Waals surface area contributed by atoms with Crippen LogP contribution in [0, 0.1) is 6.92 Å². The zero-order valence-corrected chi connectivity index (χ0v) is 17.6. The highest BCUT2D eigenvalue weighted by Gasteiger charge is 2.30. The molecule has 28 heavy (non-hydrogen) atoms. The van der Waals surface area contributed by atoms with Gasteiger partial charge in [-0.25, -0.2) is 4.79 Å². The molecule has 148 valence electrons. The van der Waals surface area contributed by atoms with Crippen molar-refractivity contribution in [1.82, 2.24) is 0 Å². The van der Waals surface area contributed by atoms with Gasteiger partial charge in [0.05, 0.1) is 23.1 Å². The molecule has 0 saturated heterocycles. The standard InChI is InChI=1S/C20H22N2O4S2/c1-4-12-11(3)27-19(17(12)20(25)26-5-2)22-16(23)10-15-18(24)21-13-8-6-7-9-14(13)28-15/h6-9,15H,4-5,10H2,1-3H3,(H,21,24)(H,22,23)/t15-/m1/s1. The fourth-order valence-corrected chi connectivity index (χ4v) is 5.34. The van der Waals surface area contributed by atoms with Crippen molar-refractivity contribution >= 4 is 51.6 Å². The van der Waals surface area contributed by atoms with Crippen LogP contribution in [0.2, 0.25) is 0 Å². The SMILES string of the molecule is CCOC(=O)c1c(NC(=O)C[C@H]2Sc3ccccc3NC2=O)sc(C)c1CC. The molecule has 1 atom stereocenters. The summed E-state index contributed by atoms with van der Waals surface area (Å²) in [4.78, 5) is 39.2. The minimum Gasteiger partial charge on any atom is -0.462 e. The Hall–Kier alpha value is -2.32. The van der Waals surface area contributed by atoms with E-state index in [1.807, 2.05) is 38.1 Å². The number of rotatable bonds is 6. The van der Waals surface area contributed by atoms with Gasteiger partial charge in [-0.05, 0) is 38.0 Å². The topological polar surface area (TPSA) is 84.5 Å². The molecule has 2 N–H and O–H groups in total. The molecular weight excluding hydrogens is 396 g/mol. The van der Waals surface area contributed by atoms with Crippen molar-refractivity contribution in [3.05, 3.63) is 40.3 Å². The molecule has 8 heteroatoms. The Kier molecular flexibility index (Phi) is 6.41. The molecular formula is C20H22N2O4S2. The number of benzene rings is 1. The van der Waals surface area contributed by atoms with Gasteiger partial charge in [0, 0.05) is 16.2 Å². The van der Waals surface area contributed by atoms with E-state index in [1.165, 1.54) is 23.1 Å². The predicted octanol–water partition coefficient (Wildman–Crippen LogP) is 4.24. The maximum Gasteiger partial charge on any atom is 0.341 e. The van der Waals surface area contributed by atoms with Crippen LogP contribution in [-0.2, 0) is 20.7 Å². The number of amides is 2. The molecule has 1 aliphatic heterocycles. The maximum absolute atomic E-state index is 12.6. The molecule has 6 nitrogen and oxygen atoms in total. The average molecular weight is 419 g/mol. The Morgan fingerprint density at radius 1 is 1.25 bits per heavy atom. The third-order valence-electron chi connectivity index (χ3n) is 4.37. The third-order valence-corrected chi connectivity index (χ3v) is 6.71. The Morgan fingerprint density at radius 3 is 2.71 bits per heavy atom. The lowest BCUT2D eigenvalue weighted by Gasteiger charge is -2.23. The quantitative estimate of drug-likeness (QED) is 0.686. The monoisotopic (exact) mass is 418 g/mol. The van der Waals surface area contributed by atoms with Gasteiger partial charge in [0.1, 0.15) is 5.00 Å². The lowest BCUT2D eigenvalue weighted by molar-refractivity contribution is -0.120. The van der Waals surface area contributed by atoms with Gasteiger partial charge in [0.2, 0.25) is 11.8 Å². The van der Waals surface area contributed by atoms with Crippen molar-refractivity contribution in [2.75, 3.05) is 17.2 Å². The van der Waals surface area contributed by atoms with E-state index in [-0.39, 0.29) is 24.8 Å². The normalized spacial score (nSPS) is 15.5. The fraction of sp³-hybridized carbons (Fsp3) is 0.350. The van der Waals surface area contributed by atoms with Crippen LogP contribution in [0.1, 0.15) is 41.1 Å². The number of thioether (sulfide) groups is 1. The Balaban J connectivity index is 1.75. The summed E-state index contributed by atoms with van der Waals surface area (Å²) in [5.74, 6) is -0.930. The predicted molar refractivity (Wildman–Crippen MR) is 112 cm³/mol. The van der Waals surface area contributed by atoms with E-state index >= 15 is 0 Å². The summed E-state index contributed by atoms with van der Waals surface area (Å²) >= 11 is 2.73. The van der Waals surface area contributed by atoms with Crippen LogP contribution < -0.4 is 10.6 Å². The number of ether oxygens (including phenoxy) is 1. The minimum atomic E-state index is -0.521. The summed E-state index contributed by atoms with van der Waals surface area (Å²) in [6.45, 7) is 5.90. The van der Waals surface area contributed by atoms with Crippen LogP contribution in [0.5, 0.6) is 0 Å². The first-order valence-corrected chi connectivity index (χ1v) is 10.8. The maximum atomic E-state index is 12.6. The number of nitrogens with one attached hydrogen (secondary N) is 2. The molecule has 0 unspecified atom stereocenters. The molecule has 1 aromatic carbocycles. The Labute approximate surface area is 172 Å². The van der Waals surface area contributed by atoms with Gasteiger partial charge >= 0.3 is 5.97 Å². The lowest BCUT2D eigenvalue weighted by Crippen LogP contribution is -2.32. The number of carbonyl (C=O) groups is 3. The summed E-state index contributed by atoms with van der Waals surface area (Å²) in [7, 11) is 0. The van der Waals surface area contributed by atoms with Gasteiger partial charge in [-0.3, -0.25) is 9.59 Å². The second-order valence-corrected chi connectivity index (χ2v) is 8.73.